The van der Waals surface area contributed by atoms with Crippen molar-refractivity contribution in [1.82, 2.24) is 0 Å². The molecule has 0 saturated carbocycles. The number of carbonyl (C=O) groups is 3. The summed E-state index contributed by atoms with van der Waals surface area (Å²) in [6.07, 6.45) is 65.6. The van der Waals surface area contributed by atoms with E-state index in [-0.39, 0.29) is 31.1 Å². The van der Waals surface area contributed by atoms with E-state index in [0.717, 1.165) is 89.9 Å². The van der Waals surface area contributed by atoms with E-state index in [1.165, 1.54) is 180 Å². The third-order valence-electron chi connectivity index (χ3n) is 12.9. The molecule has 0 unspecified atom stereocenters. The van der Waals surface area contributed by atoms with E-state index in [9.17, 15) is 14.4 Å². The molecule has 0 heterocycles. The second-order valence-electron chi connectivity index (χ2n) is 19.6. The number of hydrogen-bond acceptors (Lipinski definition) is 6. The second kappa shape index (κ2) is 55.2. The van der Waals surface area contributed by atoms with Gasteiger partial charge in [-0.3, -0.25) is 14.4 Å². The molecule has 0 aliphatic rings. The van der Waals surface area contributed by atoms with Crippen LogP contribution in [0.4, 0.5) is 0 Å². The highest BCUT2D eigenvalue weighted by Crippen LogP contribution is 2.16. The predicted octanol–water partition coefficient (Wildman–Crippen LogP) is 19.3. The molecule has 66 heavy (non-hydrogen) atoms. The normalized spacial score (nSPS) is 12.2. The van der Waals surface area contributed by atoms with Gasteiger partial charge in [0.25, 0.3) is 0 Å². The first-order valence-electron chi connectivity index (χ1n) is 29.0. The molecular formula is C60H110O6. The average molecular weight is 928 g/mol. The first kappa shape index (κ1) is 63.6. The van der Waals surface area contributed by atoms with Gasteiger partial charge in [0.05, 0.1) is 0 Å². The van der Waals surface area contributed by atoms with Gasteiger partial charge in [0.15, 0.2) is 6.10 Å². The van der Waals surface area contributed by atoms with Crippen LogP contribution in [0.25, 0.3) is 0 Å². The first-order chi connectivity index (χ1) is 32.5. The zero-order chi connectivity index (χ0) is 47.9. The zero-order valence-electron chi connectivity index (χ0n) is 44.2. The standard InChI is InChI=1S/C60H110O6/c1-4-7-10-13-16-19-22-25-28-29-30-31-33-35-38-41-44-47-50-53-59(62)65-56-57(55-64-58(61)52-49-46-43-40-37-34-27-24-21-18-15-12-9-6-3)66-60(63)54-51-48-45-42-39-36-32-26-23-20-17-14-11-8-5-2/h17,20,24,26-27,32,57H,4-16,18-19,21-23,25,28-31,33-56H2,1-3H3/b20-17+,27-24+,32-26+/t57-/m1/s1. The molecule has 6 nitrogen and oxygen atoms in total. The minimum atomic E-state index is -0.780. The van der Waals surface area contributed by atoms with Gasteiger partial charge in [0.2, 0.25) is 0 Å². The van der Waals surface area contributed by atoms with Gasteiger partial charge in [-0.15, -0.1) is 0 Å². The summed E-state index contributed by atoms with van der Waals surface area (Å²) in [7, 11) is 0. The maximum absolute atomic E-state index is 12.8. The van der Waals surface area contributed by atoms with Gasteiger partial charge < -0.3 is 14.2 Å². The first-order valence-corrected chi connectivity index (χ1v) is 29.0. The van der Waals surface area contributed by atoms with Crippen LogP contribution >= 0.6 is 0 Å². The molecule has 0 bridgehead atoms. The van der Waals surface area contributed by atoms with Gasteiger partial charge in [-0.25, -0.2) is 0 Å². The molecule has 1 atom stereocenters. The number of carbonyl (C=O) groups excluding carboxylic acids is 3. The number of rotatable bonds is 53. The summed E-state index contributed by atoms with van der Waals surface area (Å²) in [5.74, 6) is -0.883. The van der Waals surface area contributed by atoms with Crippen LogP contribution in [0.1, 0.15) is 310 Å². The van der Waals surface area contributed by atoms with Crippen molar-refractivity contribution < 1.29 is 28.6 Å². The van der Waals surface area contributed by atoms with Gasteiger partial charge in [-0.05, 0) is 77.0 Å². The van der Waals surface area contributed by atoms with Gasteiger partial charge in [-0.1, -0.05) is 250 Å². The van der Waals surface area contributed by atoms with Crippen molar-refractivity contribution in [3.8, 4) is 0 Å². The molecule has 0 aliphatic heterocycles. The molecule has 0 aromatic heterocycles. The molecule has 386 valence electrons. The van der Waals surface area contributed by atoms with Crippen molar-refractivity contribution in [2.75, 3.05) is 13.2 Å². The van der Waals surface area contributed by atoms with E-state index in [0.29, 0.717) is 19.3 Å². The molecule has 0 aromatic rings. The number of allylic oxidation sites excluding steroid dienone is 6. The Labute approximate surface area is 410 Å². The quantitative estimate of drug-likeness (QED) is 0.0262. The van der Waals surface area contributed by atoms with E-state index in [2.05, 4.69) is 57.2 Å². The summed E-state index contributed by atoms with van der Waals surface area (Å²) in [6.45, 7) is 6.63. The van der Waals surface area contributed by atoms with Gasteiger partial charge in [0, 0.05) is 19.3 Å². The van der Waals surface area contributed by atoms with Gasteiger partial charge >= 0.3 is 17.9 Å². The van der Waals surface area contributed by atoms with Crippen LogP contribution in [0.5, 0.6) is 0 Å². The molecule has 0 radical (unpaired) electrons. The van der Waals surface area contributed by atoms with Crippen molar-refractivity contribution in [2.45, 2.75) is 316 Å². The topological polar surface area (TPSA) is 78.9 Å². The van der Waals surface area contributed by atoms with Crippen LogP contribution in [-0.2, 0) is 28.6 Å². The fourth-order valence-corrected chi connectivity index (χ4v) is 8.47. The maximum Gasteiger partial charge on any atom is 0.306 e. The Kier molecular flexibility index (Phi) is 53.2. The lowest BCUT2D eigenvalue weighted by atomic mass is 10.0. The highest BCUT2D eigenvalue weighted by Gasteiger charge is 2.19. The van der Waals surface area contributed by atoms with Gasteiger partial charge in [0.1, 0.15) is 13.2 Å². The fraction of sp³-hybridized carbons (Fsp3) is 0.850. The van der Waals surface area contributed by atoms with E-state index in [4.69, 9.17) is 14.2 Å². The maximum atomic E-state index is 12.8. The summed E-state index contributed by atoms with van der Waals surface area (Å²) >= 11 is 0. The lowest BCUT2D eigenvalue weighted by Crippen LogP contribution is -2.30. The largest absolute Gasteiger partial charge is 0.462 e. The number of unbranched alkanes of at least 4 members (excludes halogenated alkanes) is 36. The fourth-order valence-electron chi connectivity index (χ4n) is 8.47. The molecule has 0 N–H and O–H groups in total. The molecule has 0 fully saturated rings. The lowest BCUT2D eigenvalue weighted by molar-refractivity contribution is -0.167. The van der Waals surface area contributed by atoms with Gasteiger partial charge in [-0.2, -0.15) is 0 Å². The Hall–Kier alpha value is -2.37. The van der Waals surface area contributed by atoms with Crippen LogP contribution in [0.15, 0.2) is 36.5 Å². The van der Waals surface area contributed by atoms with E-state index >= 15 is 0 Å². The Morgan fingerprint density at radius 2 is 0.545 bits per heavy atom. The predicted molar refractivity (Wildman–Crippen MR) is 284 cm³/mol. The minimum Gasteiger partial charge on any atom is -0.462 e. The molecule has 0 spiro atoms. The average Bonchev–Trinajstić information content (AvgIpc) is 3.31. The second-order valence-corrected chi connectivity index (χ2v) is 19.6. The van der Waals surface area contributed by atoms with Crippen molar-refractivity contribution >= 4 is 17.9 Å². The van der Waals surface area contributed by atoms with Crippen LogP contribution in [0, 0.1) is 0 Å². The summed E-state index contributed by atoms with van der Waals surface area (Å²) in [5, 5.41) is 0. The summed E-state index contributed by atoms with van der Waals surface area (Å²) in [5.41, 5.74) is 0. The molecule has 0 saturated heterocycles. The van der Waals surface area contributed by atoms with Crippen LogP contribution < -0.4 is 0 Å². The van der Waals surface area contributed by atoms with Crippen LogP contribution in [0.2, 0.25) is 0 Å². The van der Waals surface area contributed by atoms with E-state index < -0.39 is 6.10 Å². The van der Waals surface area contributed by atoms with Crippen molar-refractivity contribution in [2.24, 2.45) is 0 Å². The minimum absolute atomic E-state index is 0.0769. The smallest absolute Gasteiger partial charge is 0.306 e. The number of ether oxygens (including phenoxy) is 3. The third kappa shape index (κ3) is 52.6. The molecule has 6 heteroatoms. The van der Waals surface area contributed by atoms with Crippen molar-refractivity contribution in [1.29, 1.82) is 0 Å². The third-order valence-corrected chi connectivity index (χ3v) is 12.9. The number of esters is 3. The molecule has 0 rings (SSSR count). The van der Waals surface area contributed by atoms with Crippen LogP contribution in [-0.4, -0.2) is 37.2 Å². The Balaban J connectivity index is 4.34. The summed E-state index contributed by atoms with van der Waals surface area (Å²) in [4.78, 5) is 38.1. The number of hydrogen-bond donors (Lipinski definition) is 0. The summed E-state index contributed by atoms with van der Waals surface area (Å²) in [6, 6.07) is 0. The molecule has 0 aliphatic carbocycles. The molecule has 0 aromatic carbocycles. The Bertz CT molecular complexity index is 1110. The molecular weight excluding hydrogens is 817 g/mol. The zero-order valence-corrected chi connectivity index (χ0v) is 44.2. The monoisotopic (exact) mass is 927 g/mol. The highest BCUT2D eigenvalue weighted by molar-refractivity contribution is 5.71. The Morgan fingerprint density at radius 1 is 0.303 bits per heavy atom. The van der Waals surface area contributed by atoms with E-state index in [1.54, 1.807) is 0 Å². The van der Waals surface area contributed by atoms with Crippen molar-refractivity contribution in [3.05, 3.63) is 36.5 Å². The van der Waals surface area contributed by atoms with Crippen molar-refractivity contribution in [3.63, 3.8) is 0 Å². The summed E-state index contributed by atoms with van der Waals surface area (Å²) < 4.78 is 16.9. The van der Waals surface area contributed by atoms with Crippen LogP contribution in [0.3, 0.4) is 0 Å². The highest BCUT2D eigenvalue weighted by atomic mass is 16.6. The Morgan fingerprint density at radius 3 is 0.879 bits per heavy atom. The lowest BCUT2D eigenvalue weighted by Gasteiger charge is -2.18. The SMILES string of the molecule is CCCCC/C=C/C/C=C/CCCCCCCC(=O)O[C@H](COC(=O)CCCCCCC/C=C/CCCCCCC)COC(=O)CCCCCCCCCCCCCCCCCCCCC. The molecule has 0 amide bonds. The van der Waals surface area contributed by atoms with E-state index in [1.807, 2.05) is 0 Å².